The SMILES string of the molecule is CC[C@@H](c1ccccc1)N1CC(CS)CC1=O. The third-order valence-electron chi connectivity index (χ3n) is 3.44. The number of likely N-dealkylation sites (tertiary alicyclic amines) is 1. The number of hydrogen-bond donors (Lipinski definition) is 1. The van der Waals surface area contributed by atoms with E-state index in [9.17, 15) is 4.79 Å². The zero-order valence-electron chi connectivity index (χ0n) is 10.2. The van der Waals surface area contributed by atoms with E-state index >= 15 is 0 Å². The van der Waals surface area contributed by atoms with E-state index < -0.39 is 0 Å². The summed E-state index contributed by atoms with van der Waals surface area (Å²) in [7, 11) is 0. The number of thiol groups is 1. The zero-order valence-corrected chi connectivity index (χ0v) is 11.1. The Morgan fingerprint density at radius 2 is 2.12 bits per heavy atom. The number of nitrogens with zero attached hydrogens (tertiary/aromatic N) is 1. The molecule has 0 aliphatic carbocycles. The molecule has 1 aliphatic heterocycles. The molecule has 1 aliphatic rings. The summed E-state index contributed by atoms with van der Waals surface area (Å²) in [5, 5.41) is 0. The fraction of sp³-hybridized carbons (Fsp3) is 0.500. The van der Waals surface area contributed by atoms with Gasteiger partial charge < -0.3 is 4.90 Å². The summed E-state index contributed by atoms with van der Waals surface area (Å²) in [5.74, 6) is 1.50. The van der Waals surface area contributed by atoms with E-state index in [2.05, 4.69) is 31.7 Å². The Kier molecular flexibility index (Phi) is 4.11. The van der Waals surface area contributed by atoms with Gasteiger partial charge in [-0.1, -0.05) is 37.3 Å². The van der Waals surface area contributed by atoms with Crippen molar-refractivity contribution in [1.82, 2.24) is 4.90 Å². The van der Waals surface area contributed by atoms with Crippen LogP contribution in [0, 0.1) is 5.92 Å². The Morgan fingerprint density at radius 1 is 1.41 bits per heavy atom. The highest BCUT2D eigenvalue weighted by atomic mass is 32.1. The minimum Gasteiger partial charge on any atom is -0.335 e. The monoisotopic (exact) mass is 249 g/mol. The van der Waals surface area contributed by atoms with Crippen molar-refractivity contribution < 1.29 is 4.79 Å². The molecule has 3 heteroatoms. The van der Waals surface area contributed by atoms with Crippen LogP contribution in [-0.4, -0.2) is 23.1 Å². The second-order valence-corrected chi connectivity index (χ2v) is 5.00. The molecule has 2 nitrogen and oxygen atoms in total. The first-order valence-corrected chi connectivity index (χ1v) is 6.84. The predicted molar refractivity (Wildman–Crippen MR) is 73.1 cm³/mol. The van der Waals surface area contributed by atoms with Crippen molar-refractivity contribution in [3.05, 3.63) is 35.9 Å². The van der Waals surface area contributed by atoms with E-state index in [1.54, 1.807) is 0 Å². The van der Waals surface area contributed by atoms with Gasteiger partial charge in [0.15, 0.2) is 0 Å². The summed E-state index contributed by atoms with van der Waals surface area (Å²) in [6, 6.07) is 10.5. The van der Waals surface area contributed by atoms with Gasteiger partial charge in [0.25, 0.3) is 0 Å². The van der Waals surface area contributed by atoms with Gasteiger partial charge in [0.05, 0.1) is 6.04 Å². The molecule has 17 heavy (non-hydrogen) atoms. The van der Waals surface area contributed by atoms with E-state index in [0.29, 0.717) is 12.3 Å². The van der Waals surface area contributed by atoms with Crippen molar-refractivity contribution in [2.24, 2.45) is 5.92 Å². The van der Waals surface area contributed by atoms with E-state index in [1.165, 1.54) is 5.56 Å². The lowest BCUT2D eigenvalue weighted by atomic mass is 10.0. The second kappa shape index (κ2) is 5.58. The van der Waals surface area contributed by atoms with Crippen molar-refractivity contribution >= 4 is 18.5 Å². The lowest BCUT2D eigenvalue weighted by Crippen LogP contribution is -2.30. The maximum atomic E-state index is 12.0. The van der Waals surface area contributed by atoms with E-state index in [4.69, 9.17) is 0 Å². The molecule has 92 valence electrons. The number of carbonyl (C=O) groups is 1. The highest BCUT2D eigenvalue weighted by Crippen LogP contribution is 2.31. The van der Waals surface area contributed by atoms with Crippen molar-refractivity contribution in [3.63, 3.8) is 0 Å². The maximum absolute atomic E-state index is 12.0. The molecular formula is C14H19NOS. The molecule has 1 amide bonds. The molecule has 1 heterocycles. The van der Waals surface area contributed by atoms with Crippen molar-refractivity contribution in [2.45, 2.75) is 25.8 Å². The van der Waals surface area contributed by atoms with E-state index in [0.717, 1.165) is 18.7 Å². The molecule has 1 aromatic carbocycles. The normalized spacial score (nSPS) is 21.9. The van der Waals surface area contributed by atoms with Crippen LogP contribution in [0.1, 0.15) is 31.4 Å². The zero-order chi connectivity index (χ0) is 12.3. The number of amides is 1. The molecular weight excluding hydrogens is 230 g/mol. The molecule has 0 bridgehead atoms. The van der Waals surface area contributed by atoms with Crippen molar-refractivity contribution in [2.75, 3.05) is 12.3 Å². The highest BCUT2D eigenvalue weighted by molar-refractivity contribution is 7.80. The van der Waals surface area contributed by atoms with Gasteiger partial charge in [-0.15, -0.1) is 0 Å². The molecule has 2 atom stereocenters. The standard InChI is InChI=1S/C14H19NOS/c1-2-13(12-6-4-3-5-7-12)15-9-11(10-17)8-14(15)16/h3-7,11,13,17H,2,8-10H2,1H3/t11?,13-/m0/s1. The maximum Gasteiger partial charge on any atom is 0.223 e. The first-order chi connectivity index (χ1) is 8.26. The number of carbonyl (C=O) groups excluding carboxylic acids is 1. The summed E-state index contributed by atoms with van der Waals surface area (Å²) < 4.78 is 0. The van der Waals surface area contributed by atoms with Crippen LogP contribution >= 0.6 is 12.6 Å². The number of hydrogen-bond acceptors (Lipinski definition) is 2. The summed E-state index contributed by atoms with van der Waals surface area (Å²) in [4.78, 5) is 14.0. The largest absolute Gasteiger partial charge is 0.335 e. The molecule has 1 saturated heterocycles. The smallest absolute Gasteiger partial charge is 0.223 e. The van der Waals surface area contributed by atoms with Gasteiger partial charge >= 0.3 is 0 Å². The Morgan fingerprint density at radius 3 is 2.65 bits per heavy atom. The Bertz CT molecular complexity index is 379. The Hall–Kier alpha value is -0.960. The van der Waals surface area contributed by atoms with Crippen LogP contribution in [0.4, 0.5) is 0 Å². The third-order valence-corrected chi connectivity index (χ3v) is 3.96. The summed E-state index contributed by atoms with van der Waals surface area (Å²) >= 11 is 4.30. The predicted octanol–water partition coefficient (Wildman–Crippen LogP) is 2.92. The van der Waals surface area contributed by atoms with Crippen molar-refractivity contribution in [3.8, 4) is 0 Å². The first-order valence-electron chi connectivity index (χ1n) is 6.21. The number of benzene rings is 1. The van der Waals surface area contributed by atoms with E-state index in [1.807, 2.05) is 23.1 Å². The molecule has 1 aromatic rings. The van der Waals surface area contributed by atoms with Crippen LogP contribution in [0.25, 0.3) is 0 Å². The molecule has 2 rings (SSSR count). The van der Waals surface area contributed by atoms with Crippen LogP contribution in [0.3, 0.4) is 0 Å². The lowest BCUT2D eigenvalue weighted by Gasteiger charge is -2.27. The average Bonchev–Trinajstić information content (AvgIpc) is 2.73. The van der Waals surface area contributed by atoms with Gasteiger partial charge in [0.2, 0.25) is 5.91 Å². The van der Waals surface area contributed by atoms with Gasteiger partial charge in [0, 0.05) is 13.0 Å². The Labute approximate surface area is 108 Å². The first kappa shape index (κ1) is 12.5. The molecule has 1 fully saturated rings. The lowest BCUT2D eigenvalue weighted by molar-refractivity contribution is -0.129. The van der Waals surface area contributed by atoms with Gasteiger partial charge in [-0.2, -0.15) is 12.6 Å². The molecule has 1 unspecified atom stereocenters. The molecule has 0 spiro atoms. The Balaban J connectivity index is 2.17. The molecule has 0 N–H and O–H groups in total. The van der Waals surface area contributed by atoms with E-state index in [-0.39, 0.29) is 11.9 Å². The van der Waals surface area contributed by atoms with Crippen LogP contribution in [0.2, 0.25) is 0 Å². The van der Waals surface area contributed by atoms with Gasteiger partial charge in [-0.3, -0.25) is 4.79 Å². The molecule has 0 radical (unpaired) electrons. The summed E-state index contributed by atoms with van der Waals surface area (Å²) in [6.07, 6.45) is 1.63. The summed E-state index contributed by atoms with van der Waals surface area (Å²) in [5.41, 5.74) is 1.24. The van der Waals surface area contributed by atoms with Crippen LogP contribution < -0.4 is 0 Å². The summed E-state index contributed by atoms with van der Waals surface area (Å²) in [6.45, 7) is 2.99. The quantitative estimate of drug-likeness (QED) is 0.814. The minimum atomic E-state index is 0.230. The number of rotatable bonds is 4. The van der Waals surface area contributed by atoms with Crippen LogP contribution in [0.5, 0.6) is 0 Å². The second-order valence-electron chi connectivity index (χ2n) is 4.63. The van der Waals surface area contributed by atoms with Crippen LogP contribution in [0.15, 0.2) is 30.3 Å². The van der Waals surface area contributed by atoms with Crippen LogP contribution in [-0.2, 0) is 4.79 Å². The fourth-order valence-corrected chi connectivity index (χ4v) is 2.79. The minimum absolute atomic E-state index is 0.230. The third kappa shape index (κ3) is 2.65. The average molecular weight is 249 g/mol. The van der Waals surface area contributed by atoms with Gasteiger partial charge in [-0.05, 0) is 23.7 Å². The molecule has 0 aromatic heterocycles. The highest BCUT2D eigenvalue weighted by Gasteiger charge is 2.33. The van der Waals surface area contributed by atoms with Gasteiger partial charge in [0.1, 0.15) is 0 Å². The molecule has 0 saturated carbocycles. The topological polar surface area (TPSA) is 20.3 Å². The fourth-order valence-electron chi connectivity index (χ4n) is 2.54. The van der Waals surface area contributed by atoms with Crippen molar-refractivity contribution in [1.29, 1.82) is 0 Å². The van der Waals surface area contributed by atoms with Gasteiger partial charge in [-0.25, -0.2) is 0 Å².